The first-order chi connectivity index (χ1) is 18.5. The summed E-state index contributed by atoms with van der Waals surface area (Å²) in [5.74, 6) is 0.349. The maximum atomic E-state index is 13.7. The zero-order valence-electron chi connectivity index (χ0n) is 22.0. The van der Waals surface area contributed by atoms with Crippen LogP contribution in [-0.4, -0.2) is 40.2 Å². The molecule has 0 bridgehead atoms. The number of nitrogens with zero attached hydrogens (tertiary/aromatic N) is 3. The zero-order valence-corrected chi connectivity index (χ0v) is 24.4. The maximum Gasteiger partial charge on any atom is 0.344 e. The van der Waals surface area contributed by atoms with Crippen molar-refractivity contribution in [3.8, 4) is 22.9 Å². The number of ether oxygens (including phenoxy) is 2. The van der Waals surface area contributed by atoms with Crippen molar-refractivity contribution in [2.45, 2.75) is 39.7 Å². The van der Waals surface area contributed by atoms with Crippen molar-refractivity contribution in [3.05, 3.63) is 85.1 Å². The molecular formula is C29H27BrClN3O5. The average molecular weight is 613 g/mol. The van der Waals surface area contributed by atoms with Gasteiger partial charge in [0, 0.05) is 16.1 Å². The number of methoxy groups -OCH3 is 1. The number of halogens is 2. The van der Waals surface area contributed by atoms with Crippen LogP contribution in [0.4, 0.5) is 0 Å². The normalized spacial score (nSPS) is 12.3. The van der Waals surface area contributed by atoms with Gasteiger partial charge < -0.3 is 14.6 Å². The molecule has 10 heteroatoms. The average Bonchev–Trinajstić information content (AvgIpc) is 2.89. The molecule has 3 aromatic carbocycles. The van der Waals surface area contributed by atoms with Crippen LogP contribution < -0.4 is 15.0 Å². The number of hydrogen-bond donors (Lipinski definition) is 1. The van der Waals surface area contributed by atoms with Gasteiger partial charge in [0.2, 0.25) is 0 Å². The standard InChI is InChI=1S/C29H27BrClN3O5/c1-15(2)21-13-22(16(3)10-25(21)38-5)27-33-24-9-7-6-8-20(24)28(35)34(27)32-14-18-11-19(31)12-23(30)26(18)39-17(4)29(36)37/h6-15,17H,1-5H3,(H,36,37)/t17-/m1/s1. The molecule has 0 aliphatic heterocycles. The highest BCUT2D eigenvalue weighted by molar-refractivity contribution is 9.10. The molecule has 0 saturated carbocycles. The lowest BCUT2D eigenvalue weighted by Crippen LogP contribution is -2.24. The molecule has 1 atom stereocenters. The van der Waals surface area contributed by atoms with Gasteiger partial charge in [0.25, 0.3) is 5.56 Å². The highest BCUT2D eigenvalue weighted by atomic mass is 79.9. The molecule has 4 aromatic rings. The van der Waals surface area contributed by atoms with Crippen LogP contribution in [0.2, 0.25) is 5.02 Å². The van der Waals surface area contributed by atoms with Gasteiger partial charge in [0.1, 0.15) is 11.5 Å². The molecule has 0 radical (unpaired) electrons. The summed E-state index contributed by atoms with van der Waals surface area (Å²) >= 11 is 9.67. The van der Waals surface area contributed by atoms with E-state index in [2.05, 4.69) is 34.9 Å². The molecule has 1 aromatic heterocycles. The number of aryl methyl sites for hydroxylation is 1. The van der Waals surface area contributed by atoms with E-state index in [0.717, 1.165) is 22.4 Å². The van der Waals surface area contributed by atoms with E-state index in [-0.39, 0.29) is 17.2 Å². The first kappa shape index (κ1) is 28.3. The van der Waals surface area contributed by atoms with Crippen LogP contribution in [-0.2, 0) is 4.79 Å². The van der Waals surface area contributed by atoms with Gasteiger partial charge in [-0.15, -0.1) is 0 Å². The van der Waals surface area contributed by atoms with E-state index in [0.29, 0.717) is 31.8 Å². The smallest absolute Gasteiger partial charge is 0.344 e. The number of para-hydroxylation sites is 1. The summed E-state index contributed by atoms with van der Waals surface area (Å²) in [6.45, 7) is 7.46. The molecule has 0 spiro atoms. The first-order valence-electron chi connectivity index (χ1n) is 12.1. The minimum absolute atomic E-state index is 0.156. The summed E-state index contributed by atoms with van der Waals surface area (Å²) in [4.78, 5) is 30.0. The number of rotatable bonds is 8. The van der Waals surface area contributed by atoms with Crippen LogP contribution in [0.15, 0.2) is 62.9 Å². The Morgan fingerprint density at radius 1 is 1.18 bits per heavy atom. The second kappa shape index (κ2) is 11.6. The van der Waals surface area contributed by atoms with Gasteiger partial charge >= 0.3 is 5.97 Å². The van der Waals surface area contributed by atoms with Crippen molar-refractivity contribution in [2.24, 2.45) is 5.10 Å². The molecule has 4 rings (SSSR count). The predicted molar refractivity (Wildman–Crippen MR) is 157 cm³/mol. The number of fused-ring (bicyclic) bond motifs is 1. The van der Waals surface area contributed by atoms with Crippen molar-refractivity contribution in [1.29, 1.82) is 0 Å². The van der Waals surface area contributed by atoms with Crippen LogP contribution >= 0.6 is 27.5 Å². The maximum absolute atomic E-state index is 13.7. The fourth-order valence-corrected chi connectivity index (χ4v) is 5.05. The number of aliphatic carboxylic acids is 1. The monoisotopic (exact) mass is 611 g/mol. The number of carboxylic acids is 1. The summed E-state index contributed by atoms with van der Waals surface area (Å²) in [6.07, 6.45) is 0.274. The lowest BCUT2D eigenvalue weighted by atomic mass is 9.96. The Hall–Kier alpha value is -3.69. The number of hydrogen-bond acceptors (Lipinski definition) is 6. The second-order valence-electron chi connectivity index (χ2n) is 9.28. The number of aromatic nitrogens is 2. The van der Waals surface area contributed by atoms with E-state index < -0.39 is 12.1 Å². The third-order valence-electron chi connectivity index (χ3n) is 6.19. The molecule has 1 N–H and O–H groups in total. The molecule has 39 heavy (non-hydrogen) atoms. The summed E-state index contributed by atoms with van der Waals surface area (Å²) < 4.78 is 13.0. The van der Waals surface area contributed by atoms with E-state index >= 15 is 0 Å². The third kappa shape index (κ3) is 5.84. The molecule has 0 amide bonds. The molecule has 0 saturated heterocycles. The molecule has 8 nitrogen and oxygen atoms in total. The van der Waals surface area contributed by atoms with Crippen LogP contribution in [0.25, 0.3) is 22.3 Å². The highest BCUT2D eigenvalue weighted by Crippen LogP contribution is 2.35. The zero-order chi connectivity index (χ0) is 28.4. The Balaban J connectivity index is 1.97. The fourth-order valence-electron chi connectivity index (χ4n) is 4.12. The summed E-state index contributed by atoms with van der Waals surface area (Å²) in [7, 11) is 1.63. The largest absolute Gasteiger partial charge is 0.496 e. The van der Waals surface area contributed by atoms with Gasteiger partial charge in [-0.2, -0.15) is 9.78 Å². The van der Waals surface area contributed by atoms with E-state index in [9.17, 15) is 14.7 Å². The molecular weight excluding hydrogens is 586 g/mol. The van der Waals surface area contributed by atoms with Crippen molar-refractivity contribution >= 4 is 50.6 Å². The third-order valence-corrected chi connectivity index (χ3v) is 6.99. The second-order valence-corrected chi connectivity index (χ2v) is 10.6. The van der Waals surface area contributed by atoms with Crippen LogP contribution in [0.3, 0.4) is 0 Å². The van der Waals surface area contributed by atoms with Gasteiger partial charge in [-0.1, -0.05) is 37.6 Å². The molecule has 0 aliphatic carbocycles. The fraction of sp³-hybridized carbons (Fsp3) is 0.241. The first-order valence-corrected chi connectivity index (χ1v) is 13.3. The topological polar surface area (TPSA) is 103 Å². The van der Waals surface area contributed by atoms with Crippen molar-refractivity contribution in [2.75, 3.05) is 7.11 Å². The molecule has 202 valence electrons. The van der Waals surface area contributed by atoms with Gasteiger partial charge in [0.05, 0.1) is 28.7 Å². The van der Waals surface area contributed by atoms with E-state index in [1.807, 2.05) is 25.1 Å². The lowest BCUT2D eigenvalue weighted by molar-refractivity contribution is -0.144. The highest BCUT2D eigenvalue weighted by Gasteiger charge is 2.20. The Bertz CT molecular complexity index is 1670. The van der Waals surface area contributed by atoms with Gasteiger partial charge in [-0.05, 0) is 83.2 Å². The summed E-state index contributed by atoms with van der Waals surface area (Å²) in [5.41, 5.74) is 3.09. The Morgan fingerprint density at radius 2 is 1.90 bits per heavy atom. The lowest BCUT2D eigenvalue weighted by Gasteiger charge is -2.18. The number of benzene rings is 3. The SMILES string of the molecule is COc1cc(C)c(-c2nc3ccccc3c(=O)n2N=Cc2cc(Cl)cc(Br)c2O[C@H](C)C(=O)O)cc1C(C)C. The summed E-state index contributed by atoms with van der Waals surface area (Å²) in [6, 6.07) is 14.1. The van der Waals surface area contributed by atoms with Gasteiger partial charge in [-0.3, -0.25) is 4.79 Å². The molecule has 0 unspecified atom stereocenters. The molecule has 1 heterocycles. The van der Waals surface area contributed by atoms with Crippen LogP contribution in [0.1, 0.15) is 43.4 Å². The number of carbonyl (C=O) groups is 1. The molecule has 0 fully saturated rings. The van der Waals surface area contributed by atoms with Crippen LogP contribution in [0.5, 0.6) is 11.5 Å². The Kier molecular flexibility index (Phi) is 8.42. The van der Waals surface area contributed by atoms with Crippen molar-refractivity contribution < 1.29 is 19.4 Å². The number of carboxylic acid groups (broad SMARTS) is 1. The van der Waals surface area contributed by atoms with Gasteiger partial charge in [0.15, 0.2) is 11.9 Å². The van der Waals surface area contributed by atoms with E-state index in [1.54, 1.807) is 37.4 Å². The quantitative estimate of drug-likeness (QED) is 0.223. The Morgan fingerprint density at radius 3 is 2.56 bits per heavy atom. The molecule has 0 aliphatic rings. The predicted octanol–water partition coefficient (Wildman–Crippen LogP) is 6.65. The minimum atomic E-state index is -1.13. The summed E-state index contributed by atoms with van der Waals surface area (Å²) in [5, 5.41) is 14.7. The van der Waals surface area contributed by atoms with Crippen LogP contribution in [0, 0.1) is 6.92 Å². The van der Waals surface area contributed by atoms with Crippen molar-refractivity contribution in [3.63, 3.8) is 0 Å². The van der Waals surface area contributed by atoms with E-state index in [1.165, 1.54) is 17.8 Å². The van der Waals surface area contributed by atoms with Crippen molar-refractivity contribution in [1.82, 2.24) is 9.66 Å². The Labute approximate surface area is 239 Å². The van der Waals surface area contributed by atoms with Gasteiger partial charge in [-0.25, -0.2) is 9.78 Å². The van der Waals surface area contributed by atoms with E-state index in [4.69, 9.17) is 26.1 Å². The minimum Gasteiger partial charge on any atom is -0.496 e.